The van der Waals surface area contributed by atoms with E-state index in [1.165, 1.54) is 5.56 Å². The van der Waals surface area contributed by atoms with Gasteiger partial charge in [0.2, 0.25) is 0 Å². The van der Waals surface area contributed by atoms with Crippen molar-refractivity contribution >= 4 is 10.8 Å². The zero-order valence-corrected chi connectivity index (χ0v) is 9.95. The summed E-state index contributed by atoms with van der Waals surface area (Å²) in [5.74, 6) is 0.333. The molecular weight excluding hydrogens is 222 g/mol. The van der Waals surface area contributed by atoms with Gasteiger partial charge < -0.3 is 5.11 Å². The van der Waals surface area contributed by atoms with Crippen LogP contribution in [-0.2, 0) is 6.54 Å². The topological polar surface area (TPSA) is 24.1 Å². The summed E-state index contributed by atoms with van der Waals surface area (Å²) in [7, 11) is 0. The number of phenolic OH excluding ortho intramolecular Hbond substituents is 1. The molecule has 0 aliphatic rings. The number of phenols is 1. The summed E-state index contributed by atoms with van der Waals surface area (Å²) in [5.41, 5.74) is 1.27. The van der Waals surface area contributed by atoms with Crippen LogP contribution in [0.4, 0.5) is 0 Å². The third-order valence-electron chi connectivity index (χ3n) is 3.06. The Hall–Kier alpha value is -2.35. The number of fused-ring (bicyclic) bond motifs is 1. The SMILES string of the molecule is Oc1cccc2c[n+](Cc3ccccc3)ccc12. The van der Waals surface area contributed by atoms with E-state index >= 15 is 0 Å². The number of rotatable bonds is 2. The second-order valence-electron chi connectivity index (χ2n) is 4.38. The predicted molar refractivity (Wildman–Crippen MR) is 71.4 cm³/mol. The van der Waals surface area contributed by atoms with E-state index in [1.54, 1.807) is 6.07 Å². The lowest BCUT2D eigenvalue weighted by atomic mass is 10.1. The molecule has 0 unspecified atom stereocenters. The molecule has 18 heavy (non-hydrogen) atoms. The number of aromatic nitrogens is 1. The van der Waals surface area contributed by atoms with Crippen molar-refractivity contribution in [2.75, 3.05) is 0 Å². The average Bonchev–Trinajstić information content (AvgIpc) is 2.40. The molecule has 0 atom stereocenters. The van der Waals surface area contributed by atoms with Crippen molar-refractivity contribution in [3.63, 3.8) is 0 Å². The van der Waals surface area contributed by atoms with E-state index in [4.69, 9.17) is 0 Å². The molecule has 0 aliphatic carbocycles. The first kappa shape index (κ1) is 10.8. The Morgan fingerprint density at radius 2 is 1.72 bits per heavy atom. The summed E-state index contributed by atoms with van der Waals surface area (Å²) in [5, 5.41) is 11.7. The van der Waals surface area contributed by atoms with Gasteiger partial charge in [0.25, 0.3) is 0 Å². The van der Waals surface area contributed by atoms with Crippen LogP contribution in [0.15, 0.2) is 67.0 Å². The van der Waals surface area contributed by atoms with Crippen molar-refractivity contribution in [3.05, 3.63) is 72.6 Å². The maximum atomic E-state index is 9.74. The molecule has 3 aromatic rings. The highest BCUT2D eigenvalue weighted by Gasteiger charge is 2.06. The summed E-state index contributed by atoms with van der Waals surface area (Å²) >= 11 is 0. The number of aromatic hydroxyl groups is 1. The first-order chi connectivity index (χ1) is 8.83. The van der Waals surface area contributed by atoms with Gasteiger partial charge in [0.15, 0.2) is 18.9 Å². The molecule has 1 aromatic heterocycles. The van der Waals surface area contributed by atoms with Gasteiger partial charge in [-0.3, -0.25) is 0 Å². The van der Waals surface area contributed by atoms with Crippen molar-refractivity contribution in [2.45, 2.75) is 6.54 Å². The zero-order valence-electron chi connectivity index (χ0n) is 9.95. The molecule has 1 heterocycles. The third kappa shape index (κ3) is 2.05. The number of nitrogens with zero attached hydrogens (tertiary/aromatic N) is 1. The van der Waals surface area contributed by atoms with Crippen LogP contribution < -0.4 is 4.57 Å². The van der Waals surface area contributed by atoms with Gasteiger partial charge >= 0.3 is 0 Å². The fourth-order valence-electron chi connectivity index (χ4n) is 2.15. The van der Waals surface area contributed by atoms with Crippen LogP contribution in [0.3, 0.4) is 0 Å². The van der Waals surface area contributed by atoms with E-state index in [1.807, 2.05) is 42.6 Å². The minimum atomic E-state index is 0.333. The Bertz CT molecular complexity index is 677. The third-order valence-corrected chi connectivity index (χ3v) is 3.06. The second-order valence-corrected chi connectivity index (χ2v) is 4.38. The normalized spacial score (nSPS) is 10.7. The Morgan fingerprint density at radius 1 is 0.889 bits per heavy atom. The standard InChI is InChI=1S/C16H13NO/c18-16-8-4-7-14-12-17(10-9-15(14)16)11-13-5-2-1-3-6-13/h1-10,12H,11H2/p+1. The highest BCUT2D eigenvalue weighted by Crippen LogP contribution is 2.22. The van der Waals surface area contributed by atoms with Crippen LogP contribution >= 0.6 is 0 Å². The molecule has 0 saturated carbocycles. The molecule has 2 heteroatoms. The number of pyridine rings is 1. The van der Waals surface area contributed by atoms with E-state index in [0.29, 0.717) is 5.75 Å². The molecule has 0 spiro atoms. The van der Waals surface area contributed by atoms with Crippen LogP contribution in [0.2, 0.25) is 0 Å². The van der Waals surface area contributed by atoms with Gasteiger partial charge in [0.1, 0.15) is 5.75 Å². The van der Waals surface area contributed by atoms with Gasteiger partial charge in [-0.2, -0.15) is 0 Å². The van der Waals surface area contributed by atoms with Crippen molar-refractivity contribution in [2.24, 2.45) is 0 Å². The van der Waals surface area contributed by atoms with Gasteiger partial charge in [-0.25, -0.2) is 4.57 Å². The first-order valence-electron chi connectivity index (χ1n) is 5.98. The van der Waals surface area contributed by atoms with E-state index in [2.05, 4.69) is 22.9 Å². The zero-order chi connectivity index (χ0) is 12.4. The van der Waals surface area contributed by atoms with Crippen molar-refractivity contribution < 1.29 is 9.67 Å². The number of hydrogen-bond donors (Lipinski definition) is 1. The van der Waals surface area contributed by atoms with Crippen LogP contribution in [0.25, 0.3) is 10.8 Å². The fraction of sp³-hybridized carbons (Fsp3) is 0.0625. The van der Waals surface area contributed by atoms with E-state index in [9.17, 15) is 5.11 Å². The summed E-state index contributed by atoms with van der Waals surface area (Å²) in [6.07, 6.45) is 4.05. The Labute approximate surface area is 106 Å². The quantitative estimate of drug-likeness (QED) is 0.680. The van der Waals surface area contributed by atoms with Gasteiger partial charge in [0, 0.05) is 22.4 Å². The van der Waals surface area contributed by atoms with Crippen molar-refractivity contribution in [3.8, 4) is 5.75 Å². The maximum Gasteiger partial charge on any atom is 0.177 e. The highest BCUT2D eigenvalue weighted by molar-refractivity contribution is 5.86. The summed E-state index contributed by atoms with van der Waals surface area (Å²) in [6, 6.07) is 17.9. The molecule has 0 saturated heterocycles. The van der Waals surface area contributed by atoms with E-state index < -0.39 is 0 Å². The molecule has 0 bridgehead atoms. The fourth-order valence-corrected chi connectivity index (χ4v) is 2.15. The number of hydrogen-bond acceptors (Lipinski definition) is 1. The molecule has 1 N–H and O–H groups in total. The Morgan fingerprint density at radius 3 is 2.56 bits per heavy atom. The van der Waals surface area contributed by atoms with E-state index in [0.717, 1.165) is 17.3 Å². The Kier molecular flexibility index (Phi) is 2.69. The minimum Gasteiger partial charge on any atom is -0.507 e. The van der Waals surface area contributed by atoms with Crippen LogP contribution in [-0.4, -0.2) is 5.11 Å². The molecule has 0 aliphatic heterocycles. The molecule has 0 amide bonds. The maximum absolute atomic E-state index is 9.74. The molecule has 2 aromatic carbocycles. The average molecular weight is 236 g/mol. The molecule has 88 valence electrons. The smallest absolute Gasteiger partial charge is 0.177 e. The van der Waals surface area contributed by atoms with Crippen LogP contribution in [0.5, 0.6) is 5.75 Å². The minimum absolute atomic E-state index is 0.333. The second kappa shape index (κ2) is 4.49. The van der Waals surface area contributed by atoms with Crippen molar-refractivity contribution in [1.82, 2.24) is 0 Å². The summed E-state index contributed by atoms with van der Waals surface area (Å²) in [4.78, 5) is 0. The lowest BCUT2D eigenvalue weighted by Gasteiger charge is -2.01. The molecule has 2 nitrogen and oxygen atoms in total. The van der Waals surface area contributed by atoms with Crippen LogP contribution in [0.1, 0.15) is 5.56 Å². The highest BCUT2D eigenvalue weighted by atomic mass is 16.3. The van der Waals surface area contributed by atoms with Gasteiger partial charge in [-0.05, 0) is 12.1 Å². The van der Waals surface area contributed by atoms with Crippen LogP contribution in [0, 0.1) is 0 Å². The summed E-state index contributed by atoms with van der Waals surface area (Å²) < 4.78 is 2.12. The molecule has 0 radical (unpaired) electrons. The monoisotopic (exact) mass is 236 g/mol. The number of benzene rings is 2. The summed E-state index contributed by atoms with van der Waals surface area (Å²) in [6.45, 7) is 0.840. The van der Waals surface area contributed by atoms with Crippen molar-refractivity contribution in [1.29, 1.82) is 0 Å². The lowest BCUT2D eigenvalue weighted by Crippen LogP contribution is -2.33. The molecular formula is C16H14NO+. The van der Waals surface area contributed by atoms with Gasteiger partial charge in [0.05, 0.1) is 0 Å². The predicted octanol–water partition coefficient (Wildman–Crippen LogP) is 2.88. The Balaban J connectivity index is 1.99. The first-order valence-corrected chi connectivity index (χ1v) is 5.98. The van der Waals surface area contributed by atoms with E-state index in [-0.39, 0.29) is 0 Å². The van der Waals surface area contributed by atoms with Gasteiger partial charge in [-0.1, -0.05) is 36.4 Å². The lowest BCUT2D eigenvalue weighted by molar-refractivity contribution is -0.687. The van der Waals surface area contributed by atoms with Gasteiger partial charge in [-0.15, -0.1) is 0 Å². The molecule has 3 rings (SSSR count). The molecule has 0 fully saturated rings. The largest absolute Gasteiger partial charge is 0.507 e.